The molecular weight excluding hydrogens is 394 g/mol. The van der Waals surface area contributed by atoms with Crippen molar-refractivity contribution in [1.29, 1.82) is 0 Å². The summed E-state index contributed by atoms with van der Waals surface area (Å²) >= 11 is 1.32. The van der Waals surface area contributed by atoms with E-state index in [1.807, 2.05) is 34.6 Å². The molecule has 1 heterocycles. The molecule has 10 heteroatoms. The highest BCUT2D eigenvalue weighted by atomic mass is 32.1. The number of thiazole rings is 1. The summed E-state index contributed by atoms with van der Waals surface area (Å²) in [7, 11) is 1.31. The highest BCUT2D eigenvalue weighted by Gasteiger charge is 2.29. The van der Waals surface area contributed by atoms with Crippen LogP contribution in [0.5, 0.6) is 0 Å². The summed E-state index contributed by atoms with van der Waals surface area (Å²) in [6.45, 7) is 10.2. The first-order valence-electron chi connectivity index (χ1n) is 9.78. The molecule has 162 valence electrons. The van der Waals surface area contributed by atoms with E-state index >= 15 is 0 Å². The molecule has 0 aliphatic heterocycles. The molecule has 0 bridgehead atoms. The SMILES string of the molecule is CCO[C@H](C[C@@H](NC(=O)[C@@H](N=[N+]=[N-])[C@@H](C)CC)C(C)C)c1nc(C(=O)OC)cs1. The molecule has 0 spiro atoms. The Labute approximate surface area is 175 Å². The van der Waals surface area contributed by atoms with E-state index in [4.69, 9.17) is 15.0 Å². The number of ether oxygens (including phenoxy) is 2. The van der Waals surface area contributed by atoms with Crippen LogP contribution < -0.4 is 5.32 Å². The fourth-order valence-electron chi connectivity index (χ4n) is 2.78. The molecule has 0 radical (unpaired) electrons. The third-order valence-electron chi connectivity index (χ3n) is 4.79. The van der Waals surface area contributed by atoms with Crippen LogP contribution in [0, 0.1) is 11.8 Å². The molecule has 0 saturated carbocycles. The van der Waals surface area contributed by atoms with Gasteiger partial charge in [-0.25, -0.2) is 9.78 Å². The van der Waals surface area contributed by atoms with Gasteiger partial charge in [0.25, 0.3) is 0 Å². The van der Waals surface area contributed by atoms with Crippen molar-refractivity contribution in [2.75, 3.05) is 13.7 Å². The summed E-state index contributed by atoms with van der Waals surface area (Å²) in [6, 6.07) is -0.979. The minimum absolute atomic E-state index is 0.0667. The minimum Gasteiger partial charge on any atom is -0.464 e. The molecule has 1 amide bonds. The second-order valence-electron chi connectivity index (χ2n) is 7.14. The predicted molar refractivity (Wildman–Crippen MR) is 112 cm³/mol. The van der Waals surface area contributed by atoms with Gasteiger partial charge in [-0.2, -0.15) is 0 Å². The van der Waals surface area contributed by atoms with E-state index in [0.29, 0.717) is 18.0 Å². The molecule has 0 aliphatic rings. The highest BCUT2D eigenvalue weighted by molar-refractivity contribution is 7.09. The Hall–Kier alpha value is -2.16. The number of rotatable bonds is 12. The number of azide groups is 1. The molecule has 1 aromatic rings. The predicted octanol–water partition coefficient (Wildman–Crippen LogP) is 4.26. The summed E-state index contributed by atoms with van der Waals surface area (Å²) in [4.78, 5) is 31.6. The number of aromatic nitrogens is 1. The summed E-state index contributed by atoms with van der Waals surface area (Å²) in [6.07, 6.45) is 0.826. The van der Waals surface area contributed by atoms with Gasteiger partial charge in [0.2, 0.25) is 5.91 Å². The van der Waals surface area contributed by atoms with Crippen molar-refractivity contribution in [3.8, 4) is 0 Å². The van der Waals surface area contributed by atoms with Crippen molar-refractivity contribution >= 4 is 23.2 Å². The third-order valence-corrected chi connectivity index (χ3v) is 5.72. The van der Waals surface area contributed by atoms with Crippen LogP contribution >= 0.6 is 11.3 Å². The van der Waals surface area contributed by atoms with Crippen LogP contribution in [0.4, 0.5) is 0 Å². The number of methoxy groups -OCH3 is 1. The van der Waals surface area contributed by atoms with Gasteiger partial charge in [-0.15, -0.1) is 11.3 Å². The van der Waals surface area contributed by atoms with Crippen LogP contribution in [-0.4, -0.2) is 42.7 Å². The zero-order valence-corrected chi connectivity index (χ0v) is 18.7. The van der Waals surface area contributed by atoms with Gasteiger partial charge >= 0.3 is 5.97 Å². The maximum atomic E-state index is 12.8. The van der Waals surface area contributed by atoms with Crippen LogP contribution in [-0.2, 0) is 14.3 Å². The Kier molecular flexibility index (Phi) is 10.6. The number of amides is 1. The quantitative estimate of drug-likeness (QED) is 0.232. The lowest BCUT2D eigenvalue weighted by Crippen LogP contribution is -2.46. The normalized spacial score (nSPS) is 15.1. The molecule has 29 heavy (non-hydrogen) atoms. The van der Waals surface area contributed by atoms with Crippen molar-refractivity contribution in [3.05, 3.63) is 26.5 Å². The lowest BCUT2D eigenvalue weighted by Gasteiger charge is -2.28. The number of esters is 1. The molecule has 0 fully saturated rings. The summed E-state index contributed by atoms with van der Waals surface area (Å²) in [5.41, 5.74) is 9.06. The van der Waals surface area contributed by atoms with E-state index in [9.17, 15) is 9.59 Å². The monoisotopic (exact) mass is 425 g/mol. The Morgan fingerprint density at radius 2 is 2.03 bits per heavy atom. The average molecular weight is 426 g/mol. The first-order chi connectivity index (χ1) is 13.8. The maximum Gasteiger partial charge on any atom is 0.357 e. The molecule has 0 saturated heterocycles. The first kappa shape index (κ1) is 24.9. The molecule has 4 atom stereocenters. The number of hydrogen-bond donors (Lipinski definition) is 1. The number of nitrogens with one attached hydrogen (secondary N) is 1. The zero-order valence-electron chi connectivity index (χ0n) is 17.9. The highest BCUT2D eigenvalue weighted by Crippen LogP contribution is 2.28. The van der Waals surface area contributed by atoms with E-state index < -0.39 is 12.0 Å². The smallest absolute Gasteiger partial charge is 0.357 e. The van der Waals surface area contributed by atoms with E-state index in [1.54, 1.807) is 5.38 Å². The van der Waals surface area contributed by atoms with Crippen LogP contribution in [0.15, 0.2) is 10.5 Å². The van der Waals surface area contributed by atoms with Gasteiger partial charge < -0.3 is 14.8 Å². The molecule has 1 rings (SSSR count). The number of nitrogens with zero attached hydrogens (tertiary/aromatic N) is 4. The second kappa shape index (κ2) is 12.4. The van der Waals surface area contributed by atoms with E-state index in [1.165, 1.54) is 18.4 Å². The van der Waals surface area contributed by atoms with Crippen molar-refractivity contribution in [2.24, 2.45) is 17.0 Å². The molecule has 1 aromatic heterocycles. The molecule has 9 nitrogen and oxygen atoms in total. The number of carbonyl (C=O) groups is 2. The second-order valence-corrected chi connectivity index (χ2v) is 8.03. The van der Waals surface area contributed by atoms with Crippen molar-refractivity contribution in [3.63, 3.8) is 0 Å². The largest absolute Gasteiger partial charge is 0.464 e. The summed E-state index contributed by atoms with van der Waals surface area (Å²) in [5.74, 6) is -0.740. The fourth-order valence-corrected chi connectivity index (χ4v) is 3.62. The van der Waals surface area contributed by atoms with Crippen molar-refractivity contribution < 1.29 is 19.1 Å². The molecular formula is C19H31N5O4S. The first-order valence-corrected chi connectivity index (χ1v) is 10.7. The summed E-state index contributed by atoms with van der Waals surface area (Å²) in [5, 5.41) is 9.00. The van der Waals surface area contributed by atoms with Crippen LogP contribution in [0.3, 0.4) is 0 Å². The third kappa shape index (κ3) is 7.30. The van der Waals surface area contributed by atoms with Crippen molar-refractivity contribution in [1.82, 2.24) is 10.3 Å². The average Bonchev–Trinajstić information content (AvgIpc) is 3.19. The lowest BCUT2D eigenvalue weighted by atomic mass is 9.95. The van der Waals surface area contributed by atoms with Gasteiger partial charge in [-0.3, -0.25) is 4.79 Å². The van der Waals surface area contributed by atoms with Gasteiger partial charge in [-0.1, -0.05) is 39.2 Å². The van der Waals surface area contributed by atoms with E-state index in [-0.39, 0.29) is 35.6 Å². The molecule has 1 N–H and O–H groups in total. The van der Waals surface area contributed by atoms with Gasteiger partial charge in [-0.05, 0) is 24.3 Å². The van der Waals surface area contributed by atoms with Crippen molar-refractivity contribution in [2.45, 2.75) is 65.6 Å². The Balaban J connectivity index is 3.00. The topological polar surface area (TPSA) is 126 Å². The molecule has 0 aliphatic carbocycles. The van der Waals surface area contributed by atoms with Gasteiger partial charge in [0.1, 0.15) is 17.2 Å². The van der Waals surface area contributed by atoms with Gasteiger partial charge in [0.15, 0.2) is 5.69 Å². The van der Waals surface area contributed by atoms with Crippen LogP contribution in [0.1, 0.15) is 69.1 Å². The van der Waals surface area contributed by atoms with Gasteiger partial charge in [0, 0.05) is 29.4 Å². The standard InChI is InChI=1S/C19H31N5O4S/c1-7-12(5)16(23-24-20)17(25)21-13(11(3)4)9-15(28-8-2)18-22-14(10-29-18)19(26)27-6/h10-13,15-16H,7-9H2,1-6H3,(H,21,25)/t12-,13+,15+,16-/m0/s1. The summed E-state index contributed by atoms with van der Waals surface area (Å²) < 4.78 is 10.6. The zero-order chi connectivity index (χ0) is 22.0. The molecule has 0 unspecified atom stereocenters. The Bertz CT molecular complexity index is 717. The lowest BCUT2D eigenvalue weighted by molar-refractivity contribution is -0.124. The number of hydrogen-bond acceptors (Lipinski definition) is 7. The Morgan fingerprint density at radius 1 is 1.34 bits per heavy atom. The maximum absolute atomic E-state index is 12.8. The van der Waals surface area contributed by atoms with E-state index in [0.717, 1.165) is 6.42 Å². The van der Waals surface area contributed by atoms with Crippen LogP contribution in [0.2, 0.25) is 0 Å². The minimum atomic E-state index is -0.761. The van der Waals surface area contributed by atoms with Gasteiger partial charge in [0.05, 0.1) is 7.11 Å². The Morgan fingerprint density at radius 3 is 2.55 bits per heavy atom. The van der Waals surface area contributed by atoms with Crippen LogP contribution in [0.25, 0.3) is 10.4 Å². The number of carbonyl (C=O) groups excluding carboxylic acids is 2. The van der Waals surface area contributed by atoms with E-state index in [2.05, 4.69) is 20.3 Å². The fraction of sp³-hybridized carbons (Fsp3) is 0.737. The molecule has 0 aromatic carbocycles.